The molecule has 0 aliphatic heterocycles. The third-order valence-corrected chi connectivity index (χ3v) is 7.97. The molecule has 8 nitrogen and oxygen atoms in total. The monoisotopic (exact) mass is 498 g/mol. The summed E-state index contributed by atoms with van der Waals surface area (Å²) in [6.45, 7) is 3.76. The maximum atomic E-state index is 12.2. The second-order valence-electron chi connectivity index (χ2n) is 7.93. The first-order chi connectivity index (χ1) is 15.7. The molecule has 0 bridgehead atoms. The van der Waals surface area contributed by atoms with Crippen LogP contribution in [0.1, 0.15) is 30.4 Å². The van der Waals surface area contributed by atoms with Crippen LogP contribution in [0.15, 0.2) is 58.3 Å². The van der Waals surface area contributed by atoms with Crippen LogP contribution in [-0.2, 0) is 38.1 Å². The van der Waals surface area contributed by atoms with Crippen molar-refractivity contribution in [3.05, 3.63) is 59.7 Å². The van der Waals surface area contributed by atoms with Crippen molar-refractivity contribution in [2.45, 2.75) is 55.1 Å². The van der Waals surface area contributed by atoms with Crippen molar-refractivity contribution in [2.75, 3.05) is 26.4 Å². The number of ether oxygens (including phenoxy) is 2. The van der Waals surface area contributed by atoms with E-state index in [0.717, 1.165) is 30.4 Å². The van der Waals surface area contributed by atoms with Gasteiger partial charge in [0.2, 0.25) is 0 Å². The zero-order valence-corrected chi connectivity index (χ0v) is 20.4. The highest BCUT2D eigenvalue weighted by molar-refractivity contribution is 7.87. The lowest BCUT2D eigenvalue weighted by Gasteiger charge is -2.20. The number of benzene rings is 2. The van der Waals surface area contributed by atoms with Gasteiger partial charge in [0.25, 0.3) is 20.2 Å². The zero-order valence-electron chi connectivity index (χ0n) is 18.8. The molecule has 0 spiro atoms. The number of hydrogen-bond donors (Lipinski definition) is 0. The normalized spacial score (nSPS) is 19.1. The molecule has 0 unspecified atom stereocenters. The number of hydrogen-bond acceptors (Lipinski definition) is 8. The summed E-state index contributed by atoms with van der Waals surface area (Å²) >= 11 is 0. The maximum Gasteiger partial charge on any atom is 0.297 e. The molecule has 1 saturated carbocycles. The van der Waals surface area contributed by atoms with E-state index in [9.17, 15) is 16.8 Å². The minimum absolute atomic E-state index is 0.0999. The van der Waals surface area contributed by atoms with Crippen LogP contribution in [0.3, 0.4) is 0 Å². The van der Waals surface area contributed by atoms with Crippen LogP contribution in [0.4, 0.5) is 0 Å². The number of aryl methyl sites for hydroxylation is 2. The number of rotatable bonds is 12. The summed E-state index contributed by atoms with van der Waals surface area (Å²) in [6.07, 6.45) is 2.05. The van der Waals surface area contributed by atoms with Crippen molar-refractivity contribution >= 4 is 20.2 Å². The molecular formula is C23H30O8S2. The van der Waals surface area contributed by atoms with Gasteiger partial charge in [-0.15, -0.1) is 0 Å². The molecule has 0 radical (unpaired) electrons. The minimum Gasteiger partial charge on any atom is -0.373 e. The SMILES string of the molecule is Cc1ccc(S(=O)(=O)OCCO[C@@H]2CCC[C@H]2OCCOS(=O)(=O)c2ccc(C)cc2)cc1. The fraction of sp³-hybridized carbons (Fsp3) is 0.478. The maximum absolute atomic E-state index is 12.2. The summed E-state index contributed by atoms with van der Waals surface area (Å²) in [7, 11) is -7.66. The summed E-state index contributed by atoms with van der Waals surface area (Å²) in [5.74, 6) is 0. The van der Waals surface area contributed by atoms with Crippen LogP contribution in [-0.4, -0.2) is 55.5 Å². The molecule has 182 valence electrons. The predicted molar refractivity (Wildman–Crippen MR) is 122 cm³/mol. The highest BCUT2D eigenvalue weighted by Crippen LogP contribution is 2.25. The predicted octanol–water partition coefficient (Wildman–Crippen LogP) is 3.37. The lowest BCUT2D eigenvalue weighted by molar-refractivity contribution is -0.0658. The van der Waals surface area contributed by atoms with E-state index in [4.69, 9.17) is 17.8 Å². The van der Waals surface area contributed by atoms with Crippen LogP contribution >= 0.6 is 0 Å². The van der Waals surface area contributed by atoms with E-state index in [2.05, 4.69) is 0 Å². The Bertz CT molecular complexity index is 1000. The van der Waals surface area contributed by atoms with Crippen molar-refractivity contribution in [3.63, 3.8) is 0 Å². The van der Waals surface area contributed by atoms with Crippen LogP contribution in [0.5, 0.6) is 0 Å². The molecule has 0 N–H and O–H groups in total. The van der Waals surface area contributed by atoms with Crippen molar-refractivity contribution in [3.8, 4) is 0 Å². The molecule has 33 heavy (non-hydrogen) atoms. The topological polar surface area (TPSA) is 105 Å². The van der Waals surface area contributed by atoms with Crippen molar-refractivity contribution in [1.29, 1.82) is 0 Å². The molecule has 2 aromatic rings. The van der Waals surface area contributed by atoms with Gasteiger partial charge in [-0.2, -0.15) is 16.8 Å². The smallest absolute Gasteiger partial charge is 0.297 e. The first-order valence-corrected chi connectivity index (χ1v) is 13.6. The summed E-state index contributed by atoms with van der Waals surface area (Å²) in [5.41, 5.74) is 1.92. The Morgan fingerprint density at radius 2 is 1.00 bits per heavy atom. The minimum atomic E-state index is -3.83. The summed E-state index contributed by atoms with van der Waals surface area (Å²) < 4.78 is 70.5. The van der Waals surface area contributed by atoms with E-state index in [1.54, 1.807) is 24.3 Å². The lowest BCUT2D eigenvalue weighted by atomic mass is 10.2. The molecule has 2 aromatic carbocycles. The molecule has 0 saturated heterocycles. The van der Waals surface area contributed by atoms with Crippen LogP contribution in [0.25, 0.3) is 0 Å². The Morgan fingerprint density at radius 1 is 0.636 bits per heavy atom. The second-order valence-corrected chi connectivity index (χ2v) is 11.2. The van der Waals surface area contributed by atoms with E-state index in [0.29, 0.717) is 0 Å². The molecule has 0 heterocycles. The Balaban J connectivity index is 1.37. The first kappa shape index (κ1) is 25.8. The third-order valence-electron chi connectivity index (χ3n) is 5.32. The molecule has 0 aromatic heterocycles. The quantitative estimate of drug-likeness (QED) is 0.324. The van der Waals surface area contributed by atoms with E-state index in [1.165, 1.54) is 24.3 Å². The molecule has 1 aliphatic carbocycles. The van der Waals surface area contributed by atoms with Gasteiger partial charge in [0, 0.05) is 0 Å². The van der Waals surface area contributed by atoms with E-state index in [1.807, 2.05) is 13.8 Å². The zero-order chi connectivity index (χ0) is 23.9. The van der Waals surface area contributed by atoms with Crippen LogP contribution < -0.4 is 0 Å². The largest absolute Gasteiger partial charge is 0.373 e. The second kappa shape index (κ2) is 11.5. The summed E-state index contributed by atoms with van der Waals surface area (Å²) in [5, 5.41) is 0. The van der Waals surface area contributed by atoms with E-state index in [-0.39, 0.29) is 48.4 Å². The van der Waals surface area contributed by atoms with Crippen LogP contribution in [0.2, 0.25) is 0 Å². The molecule has 0 amide bonds. The molecule has 1 fully saturated rings. The molecule has 10 heteroatoms. The van der Waals surface area contributed by atoms with Gasteiger partial charge in [0.05, 0.1) is 48.4 Å². The first-order valence-electron chi connectivity index (χ1n) is 10.8. The van der Waals surface area contributed by atoms with Gasteiger partial charge in [-0.3, -0.25) is 8.37 Å². The van der Waals surface area contributed by atoms with Gasteiger partial charge in [0.15, 0.2) is 0 Å². The Kier molecular flexibility index (Phi) is 9.02. The third kappa shape index (κ3) is 7.59. The van der Waals surface area contributed by atoms with Crippen molar-refractivity contribution in [2.24, 2.45) is 0 Å². The molecular weight excluding hydrogens is 468 g/mol. The van der Waals surface area contributed by atoms with Gasteiger partial charge in [0.1, 0.15) is 0 Å². The highest BCUT2D eigenvalue weighted by Gasteiger charge is 2.29. The van der Waals surface area contributed by atoms with Gasteiger partial charge >= 0.3 is 0 Å². The fourth-order valence-corrected chi connectivity index (χ4v) is 5.29. The molecule has 1 aliphatic rings. The van der Waals surface area contributed by atoms with E-state index >= 15 is 0 Å². The Hall–Kier alpha value is -1.82. The van der Waals surface area contributed by atoms with E-state index < -0.39 is 20.2 Å². The fourth-order valence-electron chi connectivity index (χ4n) is 3.51. The van der Waals surface area contributed by atoms with Crippen molar-refractivity contribution < 1.29 is 34.7 Å². The Labute approximate surface area is 196 Å². The average Bonchev–Trinajstić information content (AvgIpc) is 3.22. The van der Waals surface area contributed by atoms with Crippen LogP contribution in [0, 0.1) is 13.8 Å². The highest BCUT2D eigenvalue weighted by atomic mass is 32.2. The van der Waals surface area contributed by atoms with Crippen molar-refractivity contribution in [1.82, 2.24) is 0 Å². The van der Waals surface area contributed by atoms with Gasteiger partial charge in [-0.1, -0.05) is 35.4 Å². The lowest BCUT2D eigenvalue weighted by Crippen LogP contribution is -2.29. The molecule has 2 atom stereocenters. The Morgan fingerprint density at radius 3 is 1.36 bits per heavy atom. The average molecular weight is 499 g/mol. The summed E-state index contributed by atoms with van der Waals surface area (Å²) in [4.78, 5) is 0.214. The van der Waals surface area contributed by atoms with Gasteiger partial charge in [-0.05, 0) is 57.4 Å². The van der Waals surface area contributed by atoms with Gasteiger partial charge in [-0.25, -0.2) is 0 Å². The van der Waals surface area contributed by atoms with Gasteiger partial charge < -0.3 is 9.47 Å². The molecule has 3 rings (SSSR count). The summed E-state index contributed by atoms with van der Waals surface area (Å²) in [6, 6.07) is 12.9. The standard InChI is InChI=1S/C23H30O8S2/c1-18-6-10-20(11-7-18)32(24,25)30-16-14-28-22-4-3-5-23(22)29-15-17-31-33(26,27)21-12-8-19(2)9-13-21/h6-13,22-23H,3-5,14-17H2,1-2H3/t22-,23-/m1/s1.